The van der Waals surface area contributed by atoms with Gasteiger partial charge < -0.3 is 11.5 Å². The molecule has 2 rings (SSSR count). The molecule has 0 heterocycles. The van der Waals surface area contributed by atoms with Crippen LogP contribution in [0.5, 0.6) is 0 Å². The molecule has 16 heavy (non-hydrogen) atoms. The standard InChI is InChI=1S/C14H22N2/c15-13-7-10-14(16,11-8-13)9-6-12-4-2-1-3-5-12/h1-5,13H,6-11,15-16H2. The Bertz CT molecular complexity index is 313. The van der Waals surface area contributed by atoms with Gasteiger partial charge in [0, 0.05) is 11.6 Å². The lowest BCUT2D eigenvalue weighted by Crippen LogP contribution is -2.46. The molecule has 88 valence electrons. The Hall–Kier alpha value is -0.860. The fourth-order valence-electron chi connectivity index (χ4n) is 2.50. The van der Waals surface area contributed by atoms with E-state index in [1.165, 1.54) is 5.56 Å². The summed E-state index contributed by atoms with van der Waals surface area (Å²) >= 11 is 0. The van der Waals surface area contributed by atoms with Crippen molar-refractivity contribution in [3.8, 4) is 0 Å². The van der Waals surface area contributed by atoms with E-state index >= 15 is 0 Å². The van der Waals surface area contributed by atoms with Gasteiger partial charge in [-0.1, -0.05) is 30.3 Å². The molecular formula is C14H22N2. The lowest BCUT2D eigenvalue weighted by atomic mass is 9.77. The van der Waals surface area contributed by atoms with E-state index in [1.807, 2.05) is 0 Å². The van der Waals surface area contributed by atoms with Gasteiger partial charge in [0.05, 0.1) is 0 Å². The second-order valence-corrected chi connectivity index (χ2v) is 5.19. The molecule has 1 aliphatic rings. The van der Waals surface area contributed by atoms with E-state index in [9.17, 15) is 0 Å². The molecule has 1 aromatic carbocycles. The molecule has 1 aliphatic carbocycles. The van der Waals surface area contributed by atoms with Gasteiger partial charge in [0.1, 0.15) is 0 Å². The Morgan fingerprint density at radius 2 is 1.75 bits per heavy atom. The summed E-state index contributed by atoms with van der Waals surface area (Å²) in [6.45, 7) is 0. The van der Waals surface area contributed by atoms with Crippen LogP contribution in [-0.4, -0.2) is 11.6 Å². The zero-order valence-corrected chi connectivity index (χ0v) is 9.86. The Kier molecular flexibility index (Phi) is 3.62. The van der Waals surface area contributed by atoms with Gasteiger partial charge in [-0.3, -0.25) is 0 Å². The van der Waals surface area contributed by atoms with Crippen LogP contribution in [0.4, 0.5) is 0 Å². The molecule has 1 aromatic rings. The van der Waals surface area contributed by atoms with E-state index in [2.05, 4.69) is 30.3 Å². The minimum absolute atomic E-state index is 0.0334. The molecule has 0 atom stereocenters. The summed E-state index contributed by atoms with van der Waals surface area (Å²) in [4.78, 5) is 0. The average molecular weight is 218 g/mol. The quantitative estimate of drug-likeness (QED) is 0.817. The number of nitrogens with two attached hydrogens (primary N) is 2. The van der Waals surface area contributed by atoms with Crippen molar-refractivity contribution in [2.24, 2.45) is 11.5 Å². The highest BCUT2D eigenvalue weighted by atomic mass is 14.8. The number of hydrogen-bond acceptors (Lipinski definition) is 2. The summed E-state index contributed by atoms with van der Waals surface area (Å²) in [5.41, 5.74) is 13.7. The van der Waals surface area contributed by atoms with Gasteiger partial charge in [0.15, 0.2) is 0 Å². The van der Waals surface area contributed by atoms with E-state index in [1.54, 1.807) is 0 Å². The van der Waals surface area contributed by atoms with Gasteiger partial charge in [0.25, 0.3) is 0 Å². The molecule has 0 unspecified atom stereocenters. The average Bonchev–Trinajstić information content (AvgIpc) is 2.33. The Labute approximate surface area is 98.0 Å². The van der Waals surface area contributed by atoms with E-state index in [-0.39, 0.29) is 5.54 Å². The van der Waals surface area contributed by atoms with Gasteiger partial charge in [-0.25, -0.2) is 0 Å². The fraction of sp³-hybridized carbons (Fsp3) is 0.571. The van der Waals surface area contributed by atoms with Crippen molar-refractivity contribution in [3.63, 3.8) is 0 Å². The van der Waals surface area contributed by atoms with Crippen LogP contribution in [-0.2, 0) is 6.42 Å². The van der Waals surface area contributed by atoms with Gasteiger partial charge in [-0.15, -0.1) is 0 Å². The summed E-state index contributed by atoms with van der Waals surface area (Å²) in [6, 6.07) is 11.0. The van der Waals surface area contributed by atoms with Crippen LogP contribution < -0.4 is 11.5 Å². The van der Waals surface area contributed by atoms with E-state index in [4.69, 9.17) is 11.5 Å². The third-order valence-electron chi connectivity index (χ3n) is 3.78. The number of benzene rings is 1. The largest absolute Gasteiger partial charge is 0.328 e. The summed E-state index contributed by atoms with van der Waals surface area (Å²) < 4.78 is 0. The van der Waals surface area contributed by atoms with Crippen LogP contribution in [0, 0.1) is 0 Å². The zero-order chi connectivity index (χ0) is 11.4. The zero-order valence-electron chi connectivity index (χ0n) is 9.86. The summed E-state index contributed by atoms with van der Waals surface area (Å²) in [7, 11) is 0. The lowest BCUT2D eigenvalue weighted by molar-refractivity contribution is 0.258. The van der Waals surface area contributed by atoms with Crippen LogP contribution in [0.1, 0.15) is 37.7 Å². The highest BCUT2D eigenvalue weighted by Crippen LogP contribution is 2.29. The highest BCUT2D eigenvalue weighted by Gasteiger charge is 2.29. The lowest BCUT2D eigenvalue weighted by Gasteiger charge is -2.36. The molecule has 1 fully saturated rings. The number of rotatable bonds is 3. The molecular weight excluding hydrogens is 196 g/mol. The van der Waals surface area contributed by atoms with Crippen molar-refractivity contribution in [1.82, 2.24) is 0 Å². The molecule has 0 amide bonds. The first-order valence-electron chi connectivity index (χ1n) is 6.26. The van der Waals surface area contributed by atoms with Crippen molar-refractivity contribution < 1.29 is 0 Å². The van der Waals surface area contributed by atoms with Gasteiger partial charge in [0.2, 0.25) is 0 Å². The highest BCUT2D eigenvalue weighted by molar-refractivity contribution is 5.15. The second-order valence-electron chi connectivity index (χ2n) is 5.19. The molecule has 2 heteroatoms. The molecule has 0 spiro atoms. The number of hydrogen-bond donors (Lipinski definition) is 2. The molecule has 0 radical (unpaired) electrons. The third-order valence-corrected chi connectivity index (χ3v) is 3.78. The van der Waals surface area contributed by atoms with E-state index in [0.717, 1.165) is 38.5 Å². The molecule has 0 saturated heterocycles. The van der Waals surface area contributed by atoms with Gasteiger partial charge >= 0.3 is 0 Å². The first-order valence-corrected chi connectivity index (χ1v) is 6.26. The maximum absolute atomic E-state index is 6.41. The predicted octanol–water partition coefficient (Wildman–Crippen LogP) is 2.22. The second kappa shape index (κ2) is 4.98. The van der Waals surface area contributed by atoms with Crippen molar-refractivity contribution in [3.05, 3.63) is 35.9 Å². The van der Waals surface area contributed by atoms with Crippen LogP contribution in [0.3, 0.4) is 0 Å². The van der Waals surface area contributed by atoms with Crippen LogP contribution >= 0.6 is 0 Å². The van der Waals surface area contributed by atoms with Crippen molar-refractivity contribution >= 4 is 0 Å². The normalized spacial score (nSPS) is 30.2. The van der Waals surface area contributed by atoms with Gasteiger partial charge in [-0.2, -0.15) is 0 Å². The Balaban J connectivity index is 1.85. The minimum atomic E-state index is 0.0334. The first-order chi connectivity index (χ1) is 7.68. The first kappa shape index (κ1) is 11.6. The summed E-state index contributed by atoms with van der Waals surface area (Å²) in [6.07, 6.45) is 6.52. The Morgan fingerprint density at radius 3 is 2.38 bits per heavy atom. The maximum Gasteiger partial charge on any atom is 0.0158 e. The third kappa shape index (κ3) is 3.06. The van der Waals surface area contributed by atoms with Gasteiger partial charge in [-0.05, 0) is 44.1 Å². The monoisotopic (exact) mass is 218 g/mol. The SMILES string of the molecule is NC1CCC(N)(CCc2ccccc2)CC1. The molecule has 4 N–H and O–H groups in total. The maximum atomic E-state index is 6.41. The van der Waals surface area contributed by atoms with E-state index in [0.29, 0.717) is 6.04 Å². The molecule has 1 saturated carbocycles. The molecule has 0 bridgehead atoms. The van der Waals surface area contributed by atoms with Crippen LogP contribution in [0.2, 0.25) is 0 Å². The number of aryl methyl sites for hydroxylation is 1. The predicted molar refractivity (Wildman–Crippen MR) is 68.1 cm³/mol. The van der Waals surface area contributed by atoms with Crippen LogP contribution in [0.15, 0.2) is 30.3 Å². The molecule has 2 nitrogen and oxygen atoms in total. The topological polar surface area (TPSA) is 52.0 Å². The van der Waals surface area contributed by atoms with E-state index < -0.39 is 0 Å². The summed E-state index contributed by atoms with van der Waals surface area (Å²) in [5.74, 6) is 0. The van der Waals surface area contributed by atoms with Crippen LogP contribution in [0.25, 0.3) is 0 Å². The van der Waals surface area contributed by atoms with Crippen molar-refractivity contribution in [1.29, 1.82) is 0 Å². The molecule has 0 aliphatic heterocycles. The molecule has 0 aromatic heterocycles. The summed E-state index contributed by atoms with van der Waals surface area (Å²) in [5, 5.41) is 0. The van der Waals surface area contributed by atoms with Crippen molar-refractivity contribution in [2.45, 2.75) is 50.1 Å². The minimum Gasteiger partial charge on any atom is -0.328 e. The fourth-order valence-corrected chi connectivity index (χ4v) is 2.50. The Morgan fingerprint density at radius 1 is 1.12 bits per heavy atom. The smallest absolute Gasteiger partial charge is 0.0158 e. The van der Waals surface area contributed by atoms with Crippen molar-refractivity contribution in [2.75, 3.05) is 0 Å².